The Hall–Kier alpha value is -3.15. The third-order valence-electron chi connectivity index (χ3n) is 15.9. The van der Waals surface area contributed by atoms with Gasteiger partial charge < -0.3 is 14.2 Å². The van der Waals surface area contributed by atoms with Crippen LogP contribution in [-0.4, -0.2) is 37.2 Å². The first-order valence-electron chi connectivity index (χ1n) is 35.9. The largest absolute Gasteiger partial charge is 0.462 e. The topological polar surface area (TPSA) is 78.9 Å². The Balaban J connectivity index is 4.25. The molecule has 6 heteroatoms. The highest BCUT2D eigenvalue weighted by Gasteiger charge is 2.19. The van der Waals surface area contributed by atoms with Gasteiger partial charge in [0.1, 0.15) is 13.2 Å². The summed E-state index contributed by atoms with van der Waals surface area (Å²) in [7, 11) is 0. The molecule has 0 saturated carbocycles. The van der Waals surface area contributed by atoms with Gasteiger partial charge in [0.2, 0.25) is 0 Å². The second kappa shape index (κ2) is 70.3. The predicted octanol–water partition coefficient (Wildman–Crippen LogP) is 24.8. The molecule has 0 aliphatic carbocycles. The average Bonchev–Trinajstić information content (AvgIpc) is 3.47. The van der Waals surface area contributed by atoms with Gasteiger partial charge in [0, 0.05) is 19.3 Å². The SMILES string of the molecule is CCCCCCC/C=C\C/C=C\C/C=C\CCCCCCCCCCCCCCC(=O)OCC(COC(=O)CCCCCCCCCCCCCC)OC(=O)CCCCCCCCCCCC/C=C\C/C=C\C/C=C\CCCCCCC. The van der Waals surface area contributed by atoms with Crippen molar-refractivity contribution in [2.24, 2.45) is 0 Å². The number of rotatable bonds is 66. The van der Waals surface area contributed by atoms with Gasteiger partial charge in [0.05, 0.1) is 0 Å². The molecule has 0 rings (SSSR count). The van der Waals surface area contributed by atoms with E-state index in [0.29, 0.717) is 19.3 Å². The Labute approximate surface area is 510 Å². The Morgan fingerprint density at radius 3 is 0.683 bits per heavy atom. The summed E-state index contributed by atoms with van der Waals surface area (Å²) in [6.07, 6.45) is 92.1. The van der Waals surface area contributed by atoms with Gasteiger partial charge in [-0.2, -0.15) is 0 Å². The third-order valence-corrected chi connectivity index (χ3v) is 15.9. The molecular formula is C76H136O6. The fourth-order valence-electron chi connectivity index (χ4n) is 10.5. The molecule has 0 amide bonds. The number of hydrogen-bond donors (Lipinski definition) is 0. The maximum Gasteiger partial charge on any atom is 0.306 e. The van der Waals surface area contributed by atoms with Crippen LogP contribution >= 0.6 is 0 Å². The minimum absolute atomic E-state index is 0.0735. The lowest BCUT2D eigenvalue weighted by molar-refractivity contribution is -0.167. The standard InChI is InChI=1S/C76H136O6/c1-4-7-10-13-16-19-22-25-27-29-31-33-35-37-38-40-41-43-45-47-49-51-54-57-60-63-66-69-75(78)81-72-73(71-80-74(77)68-65-62-59-56-53-24-21-18-15-12-9-6-3)82-76(79)70-67-64-61-58-55-52-50-48-46-44-42-39-36-34-32-30-28-26-23-20-17-14-11-8-5-2/h22-23,25-26,29-32,35-37,39,73H,4-21,24,27-28,33-34,38,40-72H2,1-3H3/b25-22-,26-23-,31-29-,32-30-,37-35-,39-36-. The van der Waals surface area contributed by atoms with Crippen molar-refractivity contribution in [2.45, 2.75) is 380 Å². The number of allylic oxidation sites excluding steroid dienone is 12. The van der Waals surface area contributed by atoms with E-state index in [2.05, 4.69) is 93.7 Å². The van der Waals surface area contributed by atoms with Crippen LogP contribution in [0, 0.1) is 0 Å². The number of carbonyl (C=O) groups is 3. The van der Waals surface area contributed by atoms with Crippen molar-refractivity contribution in [1.82, 2.24) is 0 Å². The van der Waals surface area contributed by atoms with Crippen molar-refractivity contribution in [3.05, 3.63) is 72.9 Å². The number of esters is 3. The highest BCUT2D eigenvalue weighted by molar-refractivity contribution is 5.71. The maximum atomic E-state index is 13.0. The van der Waals surface area contributed by atoms with Gasteiger partial charge in [-0.15, -0.1) is 0 Å². The number of hydrogen-bond acceptors (Lipinski definition) is 6. The Kier molecular flexibility index (Phi) is 67.6. The lowest BCUT2D eigenvalue weighted by Gasteiger charge is -2.18. The molecule has 0 aromatic rings. The molecule has 0 N–H and O–H groups in total. The number of unbranched alkanes of at least 4 members (excludes halogenated alkanes) is 43. The van der Waals surface area contributed by atoms with E-state index < -0.39 is 6.10 Å². The molecular weight excluding hydrogens is 1010 g/mol. The van der Waals surface area contributed by atoms with Crippen LogP contribution < -0.4 is 0 Å². The van der Waals surface area contributed by atoms with Crippen molar-refractivity contribution in [1.29, 1.82) is 0 Å². The van der Waals surface area contributed by atoms with Gasteiger partial charge in [-0.05, 0) is 96.3 Å². The molecule has 0 aliphatic rings. The molecule has 476 valence electrons. The molecule has 0 heterocycles. The molecule has 0 spiro atoms. The Morgan fingerprint density at radius 1 is 0.244 bits per heavy atom. The quantitative estimate of drug-likeness (QED) is 0.0261. The van der Waals surface area contributed by atoms with Gasteiger partial charge in [-0.25, -0.2) is 0 Å². The zero-order valence-electron chi connectivity index (χ0n) is 54.8. The first-order chi connectivity index (χ1) is 40.5. The zero-order valence-corrected chi connectivity index (χ0v) is 54.8. The summed E-state index contributed by atoms with van der Waals surface area (Å²) in [4.78, 5) is 38.4. The smallest absolute Gasteiger partial charge is 0.306 e. The van der Waals surface area contributed by atoms with Gasteiger partial charge in [-0.1, -0.05) is 331 Å². The molecule has 0 radical (unpaired) electrons. The second-order valence-electron chi connectivity index (χ2n) is 24.1. The summed E-state index contributed by atoms with van der Waals surface area (Å²) in [5, 5.41) is 0. The Bertz CT molecular complexity index is 1500. The molecule has 0 saturated heterocycles. The van der Waals surface area contributed by atoms with Crippen molar-refractivity contribution >= 4 is 17.9 Å². The van der Waals surface area contributed by atoms with Crippen molar-refractivity contribution in [2.75, 3.05) is 13.2 Å². The van der Waals surface area contributed by atoms with E-state index >= 15 is 0 Å². The Morgan fingerprint density at radius 2 is 0.439 bits per heavy atom. The van der Waals surface area contributed by atoms with E-state index in [4.69, 9.17) is 14.2 Å². The maximum absolute atomic E-state index is 13.0. The highest BCUT2D eigenvalue weighted by atomic mass is 16.6. The first kappa shape index (κ1) is 78.8. The highest BCUT2D eigenvalue weighted by Crippen LogP contribution is 2.17. The predicted molar refractivity (Wildman–Crippen MR) is 358 cm³/mol. The molecule has 82 heavy (non-hydrogen) atoms. The van der Waals surface area contributed by atoms with E-state index in [0.717, 1.165) is 83.5 Å². The van der Waals surface area contributed by atoms with Gasteiger partial charge in [-0.3, -0.25) is 14.4 Å². The summed E-state index contributed by atoms with van der Waals surface area (Å²) in [5.41, 5.74) is 0. The fourth-order valence-corrected chi connectivity index (χ4v) is 10.5. The van der Waals surface area contributed by atoms with Crippen molar-refractivity contribution in [3.63, 3.8) is 0 Å². The minimum atomic E-state index is -0.778. The van der Waals surface area contributed by atoms with Crippen LogP contribution in [0.2, 0.25) is 0 Å². The molecule has 0 bridgehead atoms. The molecule has 0 fully saturated rings. The van der Waals surface area contributed by atoms with Gasteiger partial charge in [0.25, 0.3) is 0 Å². The third kappa shape index (κ3) is 67.6. The lowest BCUT2D eigenvalue weighted by atomic mass is 10.0. The van der Waals surface area contributed by atoms with E-state index in [9.17, 15) is 14.4 Å². The molecule has 0 aromatic carbocycles. The van der Waals surface area contributed by atoms with Crippen LogP contribution in [-0.2, 0) is 28.6 Å². The van der Waals surface area contributed by atoms with Crippen LogP contribution in [0.15, 0.2) is 72.9 Å². The molecule has 1 atom stereocenters. The zero-order chi connectivity index (χ0) is 59.2. The number of ether oxygens (including phenoxy) is 3. The van der Waals surface area contributed by atoms with E-state index in [1.165, 1.54) is 250 Å². The molecule has 0 aromatic heterocycles. The first-order valence-corrected chi connectivity index (χ1v) is 35.9. The summed E-state index contributed by atoms with van der Waals surface area (Å²) in [6.45, 7) is 6.66. The monoisotopic (exact) mass is 1150 g/mol. The summed E-state index contributed by atoms with van der Waals surface area (Å²) >= 11 is 0. The summed E-state index contributed by atoms with van der Waals surface area (Å²) < 4.78 is 17.0. The van der Waals surface area contributed by atoms with Crippen molar-refractivity contribution in [3.8, 4) is 0 Å². The lowest BCUT2D eigenvalue weighted by Crippen LogP contribution is -2.30. The molecule has 6 nitrogen and oxygen atoms in total. The van der Waals surface area contributed by atoms with Crippen LogP contribution in [0.3, 0.4) is 0 Å². The van der Waals surface area contributed by atoms with E-state index in [1.807, 2.05) is 0 Å². The molecule has 0 aliphatic heterocycles. The van der Waals surface area contributed by atoms with E-state index in [-0.39, 0.29) is 31.1 Å². The summed E-state index contributed by atoms with van der Waals surface area (Å²) in [5.74, 6) is -0.859. The van der Waals surface area contributed by atoms with Gasteiger partial charge in [0.15, 0.2) is 6.10 Å². The minimum Gasteiger partial charge on any atom is -0.462 e. The molecule has 1 unspecified atom stereocenters. The van der Waals surface area contributed by atoms with Crippen LogP contribution in [0.1, 0.15) is 374 Å². The van der Waals surface area contributed by atoms with Crippen LogP contribution in [0.5, 0.6) is 0 Å². The van der Waals surface area contributed by atoms with E-state index in [1.54, 1.807) is 0 Å². The second-order valence-corrected chi connectivity index (χ2v) is 24.1. The van der Waals surface area contributed by atoms with Crippen LogP contribution in [0.4, 0.5) is 0 Å². The van der Waals surface area contributed by atoms with Crippen LogP contribution in [0.25, 0.3) is 0 Å². The fraction of sp³-hybridized carbons (Fsp3) is 0.803. The summed E-state index contributed by atoms with van der Waals surface area (Å²) in [6, 6.07) is 0. The average molecular weight is 1150 g/mol. The normalized spacial score (nSPS) is 12.5. The van der Waals surface area contributed by atoms with Crippen molar-refractivity contribution < 1.29 is 28.6 Å². The number of carbonyl (C=O) groups excluding carboxylic acids is 3. The van der Waals surface area contributed by atoms with Gasteiger partial charge >= 0.3 is 17.9 Å².